The highest BCUT2D eigenvalue weighted by Crippen LogP contribution is 2.33. The lowest BCUT2D eigenvalue weighted by molar-refractivity contribution is -0.387. The maximum atomic E-state index is 14.0. The Labute approximate surface area is 267 Å². The van der Waals surface area contributed by atoms with Gasteiger partial charge in [-0.15, -0.1) is 11.3 Å². The summed E-state index contributed by atoms with van der Waals surface area (Å²) in [6.07, 6.45) is 6.48. The molecule has 0 saturated carbocycles. The van der Waals surface area contributed by atoms with Crippen LogP contribution < -0.4 is 14.8 Å². The number of carbonyl (C=O) groups is 1. The van der Waals surface area contributed by atoms with E-state index < -0.39 is 16.3 Å². The molecule has 224 valence electrons. The minimum atomic E-state index is -0.497. The highest BCUT2D eigenvalue weighted by molar-refractivity contribution is 7.99. The van der Waals surface area contributed by atoms with E-state index in [4.69, 9.17) is 0 Å². The first-order chi connectivity index (χ1) is 21.7. The van der Waals surface area contributed by atoms with Gasteiger partial charge in [0.2, 0.25) is 5.78 Å². The average Bonchev–Trinajstić information content (AvgIpc) is 3.34. The van der Waals surface area contributed by atoms with Gasteiger partial charge in [0.15, 0.2) is 5.16 Å². The van der Waals surface area contributed by atoms with Gasteiger partial charge in [-0.3, -0.25) is 24.3 Å². The molecule has 2 aromatic heterocycles. The Hall–Kier alpha value is -5.18. The van der Waals surface area contributed by atoms with Crippen LogP contribution in [0.5, 0.6) is 0 Å². The quantitative estimate of drug-likeness (QED) is 0.0874. The number of Topliss-reactive ketones (excluding diaryl/α,β-unsaturated/α-hetero) is 1. The van der Waals surface area contributed by atoms with Gasteiger partial charge in [-0.05, 0) is 78.6 Å². The first-order valence-electron chi connectivity index (χ1n) is 14.0. The first-order valence-corrected chi connectivity index (χ1v) is 15.7. The Balaban J connectivity index is 1.71. The van der Waals surface area contributed by atoms with Crippen LogP contribution in [-0.2, 0) is 6.42 Å². The third kappa shape index (κ3) is 6.82. The summed E-state index contributed by atoms with van der Waals surface area (Å²) in [5.41, 5.74) is 3.29. The number of nitro benzene ring substituents is 1. The van der Waals surface area contributed by atoms with Gasteiger partial charge < -0.3 is 0 Å². The van der Waals surface area contributed by atoms with Gasteiger partial charge in [-0.25, -0.2) is 9.97 Å². The molecule has 0 unspecified atom stereocenters. The summed E-state index contributed by atoms with van der Waals surface area (Å²) >= 11 is 2.06. The fourth-order valence-electron chi connectivity index (χ4n) is 4.72. The SMILES string of the molecule is CCCc1ccc(C(=O)/C(C#N)=c2/s/c(=C\c3ccc(Sc4ncccn4)c([N+](=O)[O-])c3)c(=O)n2-c2cc(C)ccc2C)cc1. The van der Waals surface area contributed by atoms with E-state index in [9.17, 15) is 25.0 Å². The number of carbonyl (C=O) groups excluding carboxylic acids is 1. The summed E-state index contributed by atoms with van der Waals surface area (Å²) < 4.78 is 1.80. The van der Waals surface area contributed by atoms with Crippen molar-refractivity contribution in [3.8, 4) is 11.8 Å². The van der Waals surface area contributed by atoms with Crippen LogP contribution >= 0.6 is 23.1 Å². The molecule has 0 saturated heterocycles. The van der Waals surface area contributed by atoms with E-state index in [1.54, 1.807) is 42.7 Å². The fraction of sp³-hybridized carbons (Fsp3) is 0.147. The highest BCUT2D eigenvalue weighted by Gasteiger charge is 2.21. The Kier molecular flexibility index (Phi) is 9.47. The minimum Gasteiger partial charge on any atom is -0.288 e. The van der Waals surface area contributed by atoms with Crippen molar-refractivity contribution in [2.24, 2.45) is 0 Å². The van der Waals surface area contributed by atoms with Gasteiger partial charge in [0.25, 0.3) is 11.2 Å². The molecule has 45 heavy (non-hydrogen) atoms. The normalized spacial score (nSPS) is 12.1. The molecule has 11 heteroatoms. The lowest BCUT2D eigenvalue weighted by Gasteiger charge is -2.09. The molecule has 9 nitrogen and oxygen atoms in total. The molecule has 0 aliphatic rings. The zero-order valence-corrected chi connectivity index (χ0v) is 26.3. The van der Waals surface area contributed by atoms with Crippen molar-refractivity contribution in [3.05, 3.63) is 137 Å². The van der Waals surface area contributed by atoms with Crippen molar-refractivity contribution in [1.82, 2.24) is 14.5 Å². The van der Waals surface area contributed by atoms with Crippen LogP contribution in [0.25, 0.3) is 17.3 Å². The smallest absolute Gasteiger partial charge is 0.283 e. The zero-order chi connectivity index (χ0) is 32.1. The summed E-state index contributed by atoms with van der Waals surface area (Å²) in [5.74, 6) is -0.493. The second-order valence-corrected chi connectivity index (χ2v) is 12.3. The number of hydrogen-bond donors (Lipinski definition) is 0. The lowest BCUT2D eigenvalue weighted by Crippen LogP contribution is -2.32. The molecule has 2 heterocycles. The topological polar surface area (TPSA) is 132 Å². The number of hydrogen-bond acceptors (Lipinski definition) is 9. The number of aryl methyl sites for hydroxylation is 3. The number of ketones is 1. The molecule has 0 radical (unpaired) electrons. The predicted octanol–water partition coefficient (Wildman–Crippen LogP) is 5.70. The van der Waals surface area contributed by atoms with E-state index in [1.165, 1.54) is 16.7 Å². The van der Waals surface area contributed by atoms with Crippen LogP contribution in [0.15, 0.2) is 94.0 Å². The third-order valence-electron chi connectivity index (χ3n) is 6.96. The number of thiazole rings is 1. The van der Waals surface area contributed by atoms with Gasteiger partial charge >= 0.3 is 0 Å². The summed E-state index contributed by atoms with van der Waals surface area (Å²) in [4.78, 5) is 47.8. The first kappa shape index (κ1) is 31.3. The molecule has 0 N–H and O–H groups in total. The van der Waals surface area contributed by atoms with E-state index in [0.717, 1.165) is 52.6 Å². The number of nitrogens with zero attached hydrogens (tertiary/aromatic N) is 5. The van der Waals surface area contributed by atoms with E-state index in [1.807, 2.05) is 44.2 Å². The molecule has 0 aliphatic heterocycles. The maximum absolute atomic E-state index is 14.0. The Morgan fingerprint density at radius 1 is 1.09 bits per heavy atom. The van der Waals surface area contributed by atoms with Crippen molar-refractivity contribution in [2.75, 3.05) is 0 Å². The Morgan fingerprint density at radius 3 is 2.49 bits per heavy atom. The number of benzene rings is 3. The van der Waals surface area contributed by atoms with Crippen LogP contribution in [0.4, 0.5) is 5.69 Å². The van der Waals surface area contributed by atoms with Crippen LogP contribution in [0.1, 0.15) is 46.0 Å². The van der Waals surface area contributed by atoms with Crippen LogP contribution in [0, 0.1) is 35.3 Å². The lowest BCUT2D eigenvalue weighted by atomic mass is 10.0. The molecule has 0 aliphatic carbocycles. The van der Waals surface area contributed by atoms with Crippen LogP contribution in [-0.4, -0.2) is 25.2 Å². The molecule has 0 atom stereocenters. The largest absolute Gasteiger partial charge is 0.288 e. The van der Waals surface area contributed by atoms with Crippen molar-refractivity contribution in [3.63, 3.8) is 0 Å². The van der Waals surface area contributed by atoms with Gasteiger partial charge in [-0.1, -0.05) is 55.8 Å². The van der Waals surface area contributed by atoms with Crippen molar-refractivity contribution >= 4 is 46.2 Å². The second-order valence-electron chi connectivity index (χ2n) is 10.2. The predicted molar refractivity (Wildman–Crippen MR) is 175 cm³/mol. The molecule has 3 aromatic carbocycles. The molecular weight excluding hydrogens is 607 g/mol. The third-order valence-corrected chi connectivity index (χ3v) is 9.01. The number of rotatable bonds is 9. The van der Waals surface area contributed by atoms with Crippen molar-refractivity contribution < 1.29 is 9.72 Å². The number of nitro groups is 1. The van der Waals surface area contributed by atoms with Gasteiger partial charge in [0.1, 0.15) is 16.3 Å². The molecule has 0 fully saturated rings. The molecule has 0 bridgehead atoms. The summed E-state index contributed by atoms with van der Waals surface area (Å²) in [5, 5.41) is 22.6. The summed E-state index contributed by atoms with van der Waals surface area (Å²) in [6, 6.07) is 21.1. The van der Waals surface area contributed by atoms with E-state index in [0.29, 0.717) is 26.9 Å². The summed E-state index contributed by atoms with van der Waals surface area (Å²) in [7, 11) is 0. The Morgan fingerprint density at radius 2 is 1.82 bits per heavy atom. The molecule has 0 amide bonds. The molecular formula is C34H27N5O4S2. The highest BCUT2D eigenvalue weighted by atomic mass is 32.2. The van der Waals surface area contributed by atoms with Crippen molar-refractivity contribution in [1.29, 1.82) is 5.26 Å². The monoisotopic (exact) mass is 633 g/mol. The van der Waals surface area contributed by atoms with E-state index in [2.05, 4.69) is 23.0 Å². The van der Waals surface area contributed by atoms with E-state index in [-0.39, 0.29) is 20.5 Å². The van der Waals surface area contributed by atoms with E-state index >= 15 is 0 Å². The van der Waals surface area contributed by atoms with Crippen LogP contribution in [0.2, 0.25) is 0 Å². The number of aromatic nitrogens is 3. The summed E-state index contributed by atoms with van der Waals surface area (Å²) in [6.45, 7) is 5.82. The minimum absolute atomic E-state index is 0.165. The molecule has 5 aromatic rings. The second kappa shape index (κ2) is 13.6. The Bertz CT molecular complexity index is 2150. The zero-order valence-electron chi connectivity index (χ0n) is 24.7. The van der Waals surface area contributed by atoms with Crippen molar-refractivity contribution in [2.45, 2.75) is 43.7 Å². The fourth-order valence-corrected chi connectivity index (χ4v) is 6.61. The van der Waals surface area contributed by atoms with Crippen LogP contribution in [0.3, 0.4) is 0 Å². The van der Waals surface area contributed by atoms with Gasteiger partial charge in [0.05, 0.1) is 20.0 Å². The molecule has 0 spiro atoms. The average molecular weight is 634 g/mol. The van der Waals surface area contributed by atoms with Gasteiger partial charge in [0, 0.05) is 24.0 Å². The standard InChI is InChI=1S/C34H27N5O4S2/c1-4-6-23-9-12-25(13-10-23)31(40)26(20-35)33-38(27-17-21(2)7-8-22(27)3)32(41)30(44-33)19-24-11-14-29(28(18-24)39(42)43)45-34-36-15-5-16-37-34/h5,7-19H,4,6H2,1-3H3/b30-19-,33-26+. The maximum Gasteiger partial charge on any atom is 0.283 e. The number of nitriles is 1. The van der Waals surface area contributed by atoms with Gasteiger partial charge in [-0.2, -0.15) is 5.26 Å². The molecule has 5 rings (SSSR count).